The molecule has 0 saturated heterocycles. The predicted molar refractivity (Wildman–Crippen MR) is 106 cm³/mol. The van der Waals surface area contributed by atoms with Crippen LogP contribution in [0.3, 0.4) is 0 Å². The van der Waals surface area contributed by atoms with Crippen molar-refractivity contribution >= 4 is 12.1 Å². The molecule has 0 radical (unpaired) electrons. The van der Waals surface area contributed by atoms with Crippen molar-refractivity contribution in [3.63, 3.8) is 0 Å². The molecule has 0 saturated carbocycles. The first-order valence-corrected chi connectivity index (χ1v) is 8.46. The van der Waals surface area contributed by atoms with Gasteiger partial charge in [-0.25, -0.2) is 0 Å². The van der Waals surface area contributed by atoms with Gasteiger partial charge in [0.15, 0.2) is 12.1 Å². The van der Waals surface area contributed by atoms with Crippen LogP contribution in [0.2, 0.25) is 0 Å². The van der Waals surface area contributed by atoms with Crippen molar-refractivity contribution in [3.05, 3.63) is 71.9 Å². The Morgan fingerprint density at radius 3 is 1.88 bits per heavy atom. The maximum atomic E-state index is 12.6. The van der Waals surface area contributed by atoms with Crippen LogP contribution in [0.15, 0.2) is 71.9 Å². The molecule has 0 aliphatic heterocycles. The summed E-state index contributed by atoms with van der Waals surface area (Å²) in [7, 11) is 0. The monoisotopic (exact) mass is 328 g/mol. The van der Waals surface area contributed by atoms with Crippen LogP contribution in [0.1, 0.15) is 53.9 Å². The van der Waals surface area contributed by atoms with Crippen LogP contribution < -0.4 is 0 Å². The van der Waals surface area contributed by atoms with Crippen LogP contribution >= 0.6 is 0 Å². The van der Waals surface area contributed by atoms with Crippen molar-refractivity contribution in [1.29, 1.82) is 0 Å². The first-order valence-electron chi connectivity index (χ1n) is 8.46. The molecule has 0 rings (SSSR count). The summed E-state index contributed by atoms with van der Waals surface area (Å²) in [6, 6.07) is 0. The van der Waals surface area contributed by atoms with Gasteiger partial charge in [0.1, 0.15) is 0 Å². The molecule has 0 aromatic rings. The Bertz CT molecular complexity index is 528. The Balaban J connectivity index is 0. The lowest BCUT2D eigenvalue weighted by molar-refractivity contribution is -0.112. The summed E-state index contributed by atoms with van der Waals surface area (Å²) in [6.45, 7) is 17.3. The molecule has 0 N–H and O–H groups in total. The summed E-state index contributed by atoms with van der Waals surface area (Å²) in [5.74, 6) is -0.206. The van der Waals surface area contributed by atoms with E-state index in [-0.39, 0.29) is 16.9 Å². The van der Waals surface area contributed by atoms with Gasteiger partial charge < -0.3 is 0 Å². The van der Waals surface area contributed by atoms with Gasteiger partial charge in [0.05, 0.1) is 0 Å². The van der Waals surface area contributed by atoms with E-state index in [1.54, 1.807) is 6.08 Å². The molecule has 132 valence electrons. The van der Waals surface area contributed by atoms with Crippen LogP contribution in [-0.4, -0.2) is 12.1 Å². The number of rotatable bonds is 9. The number of carbonyl (C=O) groups is 2. The van der Waals surface area contributed by atoms with Crippen LogP contribution in [-0.2, 0) is 9.59 Å². The zero-order valence-electron chi connectivity index (χ0n) is 15.9. The molecule has 0 aromatic heterocycles. The molecule has 0 amide bonds. The Labute approximate surface area is 148 Å². The van der Waals surface area contributed by atoms with Gasteiger partial charge in [0, 0.05) is 16.7 Å². The van der Waals surface area contributed by atoms with Crippen LogP contribution in [0.25, 0.3) is 0 Å². The van der Waals surface area contributed by atoms with Crippen LogP contribution in [0.5, 0.6) is 0 Å². The quantitative estimate of drug-likeness (QED) is 0.291. The lowest BCUT2D eigenvalue weighted by Crippen LogP contribution is -2.08. The maximum Gasteiger partial charge on any atom is 0.193 e. The summed E-state index contributed by atoms with van der Waals surface area (Å²) in [4.78, 5) is 23.5. The highest BCUT2D eigenvalue weighted by Crippen LogP contribution is 2.18. The predicted octanol–water partition coefficient (Wildman–Crippen LogP) is 6.09. The fourth-order valence-corrected chi connectivity index (χ4v) is 1.57. The number of aldehydes is 1. The highest BCUT2D eigenvalue weighted by atomic mass is 16.1. The largest absolute Gasteiger partial charge is 0.298 e. The highest BCUT2D eigenvalue weighted by Gasteiger charge is 2.15. The van der Waals surface area contributed by atoms with Crippen molar-refractivity contribution in [1.82, 2.24) is 0 Å². The smallest absolute Gasteiger partial charge is 0.193 e. The number of allylic oxidation sites excluding steroid dienone is 10. The number of carbonyl (C=O) groups excluding carboxylic acids is 2. The summed E-state index contributed by atoms with van der Waals surface area (Å²) in [5, 5.41) is 0. The number of hydrogen-bond acceptors (Lipinski definition) is 2. The lowest BCUT2D eigenvalue weighted by atomic mass is 9.94. The molecule has 0 bridgehead atoms. The van der Waals surface area contributed by atoms with Crippen molar-refractivity contribution in [3.8, 4) is 0 Å². The average Bonchev–Trinajstić information content (AvgIpc) is 2.62. The maximum absolute atomic E-state index is 12.6. The zero-order chi connectivity index (χ0) is 19.0. The normalized spacial score (nSPS) is 12.9. The zero-order valence-corrected chi connectivity index (χ0v) is 15.9. The van der Waals surface area contributed by atoms with E-state index in [4.69, 9.17) is 0 Å². The third-order valence-corrected chi connectivity index (χ3v) is 3.41. The average molecular weight is 328 g/mol. The first kappa shape index (κ1) is 24.0. The minimum absolute atomic E-state index is 0.206. The minimum Gasteiger partial charge on any atom is -0.298 e. The van der Waals surface area contributed by atoms with Gasteiger partial charge >= 0.3 is 0 Å². The first-order chi connectivity index (χ1) is 11.5. The van der Waals surface area contributed by atoms with Gasteiger partial charge in [-0.15, -0.1) is 0 Å². The van der Waals surface area contributed by atoms with Gasteiger partial charge in [-0.3, -0.25) is 9.59 Å². The Morgan fingerprint density at radius 1 is 0.958 bits per heavy atom. The molecule has 2 heteroatoms. The molecule has 0 unspecified atom stereocenters. The van der Waals surface area contributed by atoms with E-state index >= 15 is 0 Å². The van der Waals surface area contributed by atoms with E-state index in [0.717, 1.165) is 12.0 Å². The molecule has 0 aromatic carbocycles. The number of ketones is 1. The van der Waals surface area contributed by atoms with Gasteiger partial charge in [-0.05, 0) is 20.3 Å². The van der Waals surface area contributed by atoms with E-state index in [2.05, 4.69) is 27.0 Å². The molecule has 0 spiro atoms. The van der Waals surface area contributed by atoms with Crippen molar-refractivity contribution < 1.29 is 9.59 Å². The molecule has 0 atom stereocenters. The summed E-state index contributed by atoms with van der Waals surface area (Å²) in [6.07, 6.45) is 14.1. The number of hydrogen-bond donors (Lipinski definition) is 0. The lowest BCUT2D eigenvalue weighted by Gasteiger charge is -2.08. The minimum atomic E-state index is -0.206. The Morgan fingerprint density at radius 2 is 1.54 bits per heavy atom. The third kappa shape index (κ3) is 9.04. The third-order valence-electron chi connectivity index (χ3n) is 3.41. The molecule has 0 aliphatic rings. The molecule has 2 nitrogen and oxygen atoms in total. The van der Waals surface area contributed by atoms with E-state index in [0.29, 0.717) is 11.9 Å². The Hall–Kier alpha value is -2.22. The summed E-state index contributed by atoms with van der Waals surface area (Å²) in [5.41, 5.74) is 2.08. The van der Waals surface area contributed by atoms with E-state index in [1.165, 1.54) is 25.0 Å². The highest BCUT2D eigenvalue weighted by molar-refractivity contribution is 6.15. The van der Waals surface area contributed by atoms with Crippen molar-refractivity contribution in [2.75, 3.05) is 0 Å². The van der Waals surface area contributed by atoms with Crippen molar-refractivity contribution in [2.24, 2.45) is 0 Å². The summed E-state index contributed by atoms with van der Waals surface area (Å²) >= 11 is 0. The molecule has 24 heavy (non-hydrogen) atoms. The second-order valence-electron chi connectivity index (χ2n) is 5.16. The molecular weight excluding hydrogens is 296 g/mol. The fraction of sp³-hybridized carbons (Fsp3) is 0.364. The topological polar surface area (TPSA) is 34.1 Å². The molecular formula is C22H32O2. The van der Waals surface area contributed by atoms with Crippen LogP contribution in [0, 0.1) is 0 Å². The Kier molecular flexibility index (Phi) is 15.7. The molecule has 0 heterocycles. The number of Topliss-reactive ketones (excluding diaryl/α,β-unsaturated/α-hetero) is 1. The second kappa shape index (κ2) is 15.7. The number of unbranched alkanes of at least 4 members (excludes halogenated alkanes) is 1. The fourth-order valence-electron chi connectivity index (χ4n) is 1.57. The molecule has 0 fully saturated rings. The van der Waals surface area contributed by atoms with Gasteiger partial charge in [0.25, 0.3) is 0 Å². The van der Waals surface area contributed by atoms with E-state index in [1.807, 2.05) is 39.0 Å². The van der Waals surface area contributed by atoms with E-state index in [9.17, 15) is 9.59 Å². The summed E-state index contributed by atoms with van der Waals surface area (Å²) < 4.78 is 0. The van der Waals surface area contributed by atoms with E-state index < -0.39 is 0 Å². The van der Waals surface area contributed by atoms with Crippen molar-refractivity contribution in [2.45, 2.75) is 53.9 Å². The standard InChI is InChI=1S/C18H22O2.C4H10/c1-6-10-11-12-17(14(5)7-2)18(20)16(9-4)15(8-3)13-19;1-3-4-2/h6,8-13H,3-4,7H2,1-2,5H3;3-4H2,1-2H3/b10-6-,12-11-,16-15-,17-14-;. The SMILES string of the molecule is C=C/C(C=O)=C(\C=C)C(=O)C(/C=C\C=C/C)=C(/C)CC.CCCC. The molecule has 0 aliphatic carbocycles. The van der Waals surface area contributed by atoms with Gasteiger partial charge in [-0.2, -0.15) is 0 Å². The van der Waals surface area contributed by atoms with Crippen LogP contribution in [0.4, 0.5) is 0 Å². The van der Waals surface area contributed by atoms with Gasteiger partial charge in [0.2, 0.25) is 0 Å². The second-order valence-corrected chi connectivity index (χ2v) is 5.16. The van der Waals surface area contributed by atoms with Gasteiger partial charge in [-0.1, -0.05) is 88.8 Å².